The zero-order chi connectivity index (χ0) is 11.0. The van der Waals surface area contributed by atoms with Gasteiger partial charge in [0.25, 0.3) is 0 Å². The fourth-order valence-corrected chi connectivity index (χ4v) is 1.98. The van der Waals surface area contributed by atoms with E-state index in [4.69, 9.17) is 0 Å². The van der Waals surface area contributed by atoms with Gasteiger partial charge in [0.15, 0.2) is 0 Å². The lowest BCUT2D eigenvalue weighted by Crippen LogP contribution is -2.21. The van der Waals surface area contributed by atoms with E-state index in [1.54, 1.807) is 0 Å². The van der Waals surface area contributed by atoms with Crippen LogP contribution in [0.3, 0.4) is 0 Å². The molecule has 82 valence electrons. The van der Waals surface area contributed by atoms with E-state index in [2.05, 4.69) is 15.9 Å². The van der Waals surface area contributed by atoms with E-state index in [9.17, 15) is 8.78 Å². The largest absolute Gasteiger partial charge is 0.299 e. The number of rotatable bonds is 3. The Morgan fingerprint density at radius 2 is 2.07 bits per heavy atom. The summed E-state index contributed by atoms with van der Waals surface area (Å²) in [7, 11) is 1.90. The smallest absolute Gasteiger partial charge is 0.144 e. The SMILES string of the molecule is CN(Cc1c(F)ccc(Br)c1F)C1CC1. The molecule has 0 unspecified atom stereocenters. The maximum Gasteiger partial charge on any atom is 0.144 e. The minimum absolute atomic E-state index is 0.152. The van der Waals surface area contributed by atoms with Crippen molar-refractivity contribution in [1.82, 2.24) is 4.90 Å². The van der Waals surface area contributed by atoms with E-state index in [1.165, 1.54) is 12.1 Å². The van der Waals surface area contributed by atoms with E-state index in [1.807, 2.05) is 11.9 Å². The van der Waals surface area contributed by atoms with Gasteiger partial charge in [-0.2, -0.15) is 0 Å². The van der Waals surface area contributed by atoms with Crippen LogP contribution >= 0.6 is 15.9 Å². The van der Waals surface area contributed by atoms with Crippen LogP contribution in [0.4, 0.5) is 8.78 Å². The van der Waals surface area contributed by atoms with Crippen molar-refractivity contribution in [2.24, 2.45) is 0 Å². The van der Waals surface area contributed by atoms with Crippen LogP contribution in [0.15, 0.2) is 16.6 Å². The predicted molar refractivity (Wildman–Crippen MR) is 58.5 cm³/mol. The molecule has 0 aliphatic heterocycles. The van der Waals surface area contributed by atoms with Gasteiger partial charge in [-0.3, -0.25) is 4.90 Å². The molecule has 1 saturated carbocycles. The van der Waals surface area contributed by atoms with Gasteiger partial charge >= 0.3 is 0 Å². The quantitative estimate of drug-likeness (QED) is 0.765. The lowest BCUT2D eigenvalue weighted by atomic mass is 10.2. The van der Waals surface area contributed by atoms with Crippen molar-refractivity contribution >= 4 is 15.9 Å². The molecule has 0 bridgehead atoms. The van der Waals surface area contributed by atoms with Crippen LogP contribution in [0, 0.1) is 11.6 Å². The summed E-state index contributed by atoms with van der Waals surface area (Å²) in [5.41, 5.74) is 0.152. The summed E-state index contributed by atoms with van der Waals surface area (Å²) in [5.74, 6) is -0.953. The highest BCUT2D eigenvalue weighted by Crippen LogP contribution is 2.29. The van der Waals surface area contributed by atoms with Gasteiger partial charge in [0.05, 0.1) is 4.47 Å². The summed E-state index contributed by atoms with van der Waals surface area (Å²) in [4.78, 5) is 1.99. The van der Waals surface area contributed by atoms with Gasteiger partial charge in [0, 0.05) is 18.2 Å². The van der Waals surface area contributed by atoms with Gasteiger partial charge in [0.2, 0.25) is 0 Å². The van der Waals surface area contributed by atoms with Gasteiger partial charge in [0.1, 0.15) is 11.6 Å². The fraction of sp³-hybridized carbons (Fsp3) is 0.455. The normalized spacial score (nSPS) is 16.1. The van der Waals surface area contributed by atoms with Gasteiger partial charge in [-0.15, -0.1) is 0 Å². The molecule has 0 atom stereocenters. The van der Waals surface area contributed by atoms with Crippen LogP contribution in [0.5, 0.6) is 0 Å². The maximum absolute atomic E-state index is 13.6. The average Bonchev–Trinajstić information content (AvgIpc) is 3.02. The number of benzene rings is 1. The highest BCUT2D eigenvalue weighted by molar-refractivity contribution is 9.10. The first-order valence-electron chi connectivity index (χ1n) is 4.92. The van der Waals surface area contributed by atoms with Crippen LogP contribution in [-0.4, -0.2) is 18.0 Å². The molecule has 1 aliphatic carbocycles. The Kier molecular flexibility index (Phi) is 3.07. The summed E-state index contributed by atoms with van der Waals surface area (Å²) in [6.07, 6.45) is 2.27. The zero-order valence-corrected chi connectivity index (χ0v) is 10.0. The fourth-order valence-electron chi connectivity index (χ4n) is 1.61. The molecule has 1 fully saturated rings. The van der Waals surface area contributed by atoms with Gasteiger partial charge < -0.3 is 0 Å². The molecule has 0 aromatic heterocycles. The Morgan fingerprint density at radius 1 is 1.40 bits per heavy atom. The third kappa shape index (κ3) is 2.37. The van der Waals surface area contributed by atoms with E-state index < -0.39 is 11.6 Å². The third-order valence-electron chi connectivity index (χ3n) is 2.72. The molecule has 0 N–H and O–H groups in total. The minimum atomic E-state index is -0.484. The van der Waals surface area contributed by atoms with Crippen LogP contribution in [0.2, 0.25) is 0 Å². The molecule has 1 aromatic carbocycles. The van der Waals surface area contributed by atoms with Crippen LogP contribution in [-0.2, 0) is 6.54 Å². The zero-order valence-electron chi connectivity index (χ0n) is 8.43. The summed E-state index contributed by atoms with van der Waals surface area (Å²) in [6.45, 7) is 0.335. The summed E-state index contributed by atoms with van der Waals surface area (Å²) in [5, 5.41) is 0. The van der Waals surface area contributed by atoms with Crippen molar-refractivity contribution in [3.05, 3.63) is 33.8 Å². The van der Waals surface area contributed by atoms with Crippen molar-refractivity contribution in [2.75, 3.05) is 7.05 Å². The average molecular weight is 276 g/mol. The second-order valence-electron chi connectivity index (χ2n) is 3.97. The first kappa shape index (κ1) is 11.0. The number of hydrogen-bond donors (Lipinski definition) is 0. The lowest BCUT2D eigenvalue weighted by molar-refractivity contribution is 0.304. The first-order chi connectivity index (χ1) is 7.09. The lowest BCUT2D eigenvalue weighted by Gasteiger charge is -2.16. The van der Waals surface area contributed by atoms with Gasteiger partial charge in [-0.25, -0.2) is 8.78 Å². The summed E-state index contributed by atoms with van der Waals surface area (Å²) >= 11 is 3.06. The summed E-state index contributed by atoms with van der Waals surface area (Å²) in [6, 6.07) is 3.19. The van der Waals surface area contributed by atoms with Crippen molar-refractivity contribution in [3.8, 4) is 0 Å². The van der Waals surface area contributed by atoms with Crippen LogP contribution < -0.4 is 0 Å². The molecule has 1 nitrogen and oxygen atoms in total. The molecule has 1 aliphatic rings. The molecule has 0 saturated heterocycles. The van der Waals surface area contributed by atoms with Gasteiger partial charge in [-0.05, 0) is 48.0 Å². The van der Waals surface area contributed by atoms with Crippen LogP contribution in [0.1, 0.15) is 18.4 Å². The Bertz CT molecular complexity index is 377. The minimum Gasteiger partial charge on any atom is -0.299 e. The second-order valence-corrected chi connectivity index (χ2v) is 4.82. The van der Waals surface area contributed by atoms with Crippen molar-refractivity contribution < 1.29 is 8.78 Å². The topological polar surface area (TPSA) is 3.24 Å². The molecule has 0 amide bonds. The van der Waals surface area contributed by atoms with Gasteiger partial charge in [-0.1, -0.05) is 0 Å². The molecule has 2 rings (SSSR count). The van der Waals surface area contributed by atoms with Crippen molar-refractivity contribution in [1.29, 1.82) is 0 Å². The molecule has 4 heteroatoms. The highest BCUT2D eigenvalue weighted by atomic mass is 79.9. The molecule has 0 heterocycles. The molecule has 0 radical (unpaired) electrons. The number of hydrogen-bond acceptors (Lipinski definition) is 1. The Morgan fingerprint density at radius 3 is 2.67 bits per heavy atom. The molecule has 15 heavy (non-hydrogen) atoms. The summed E-state index contributed by atoms with van der Waals surface area (Å²) < 4.78 is 27.3. The van der Waals surface area contributed by atoms with E-state index >= 15 is 0 Å². The Hall–Kier alpha value is -0.480. The van der Waals surface area contributed by atoms with Crippen molar-refractivity contribution in [2.45, 2.75) is 25.4 Å². The number of nitrogens with zero attached hydrogens (tertiary/aromatic N) is 1. The van der Waals surface area contributed by atoms with Crippen molar-refractivity contribution in [3.63, 3.8) is 0 Å². The molecule has 0 spiro atoms. The van der Waals surface area contributed by atoms with E-state index in [0.29, 0.717) is 17.1 Å². The third-order valence-corrected chi connectivity index (χ3v) is 3.33. The molecule has 1 aromatic rings. The predicted octanol–water partition coefficient (Wildman–Crippen LogP) is 3.32. The van der Waals surface area contributed by atoms with E-state index in [-0.39, 0.29) is 5.56 Å². The Balaban J connectivity index is 2.22. The monoisotopic (exact) mass is 275 g/mol. The second kappa shape index (κ2) is 4.18. The standard InChI is InChI=1S/C11H12BrF2N/c1-15(7-2-3-7)6-8-10(13)5-4-9(12)11(8)14/h4-5,7H,2-3,6H2,1H3. The maximum atomic E-state index is 13.6. The van der Waals surface area contributed by atoms with Crippen LogP contribution in [0.25, 0.3) is 0 Å². The number of halogens is 3. The highest BCUT2D eigenvalue weighted by Gasteiger charge is 2.27. The molecular formula is C11H12BrF2N. The first-order valence-corrected chi connectivity index (χ1v) is 5.71. The van der Waals surface area contributed by atoms with E-state index in [0.717, 1.165) is 12.8 Å². The molecular weight excluding hydrogens is 264 g/mol. The Labute approximate surface area is 96.2 Å².